The smallest absolute Gasteiger partial charge is 0.635 e. The molecular formula is C10H19AlClNO. The summed E-state index contributed by atoms with van der Waals surface area (Å²) in [5.41, 5.74) is 0.953. The van der Waals surface area contributed by atoms with Crippen molar-refractivity contribution in [2.75, 3.05) is 7.05 Å². The zero-order valence-corrected chi connectivity index (χ0v) is 11.8. The van der Waals surface area contributed by atoms with Gasteiger partial charge < -0.3 is 3.79 Å². The van der Waals surface area contributed by atoms with Gasteiger partial charge in [-0.25, -0.2) is 10.0 Å². The molecule has 0 aliphatic carbocycles. The molecule has 0 heterocycles. The Morgan fingerprint density at radius 2 is 1.86 bits per heavy atom. The van der Waals surface area contributed by atoms with Gasteiger partial charge in [-0.1, -0.05) is 20.8 Å². The highest BCUT2D eigenvalue weighted by molar-refractivity contribution is 7.04. The third-order valence-electron chi connectivity index (χ3n) is 1.74. The summed E-state index contributed by atoms with van der Waals surface area (Å²) in [6.45, 7) is 10.2. The Morgan fingerprint density at radius 1 is 1.36 bits per heavy atom. The Bertz CT molecular complexity index is 243. The van der Waals surface area contributed by atoms with E-state index < -0.39 is 13.6 Å². The van der Waals surface area contributed by atoms with E-state index in [1.807, 2.05) is 19.9 Å². The Kier molecular flexibility index (Phi) is 5.82. The third kappa shape index (κ3) is 5.70. The SMILES string of the molecule is CN=C(C)/C=C(/C)[O][Al]([Cl])[C](C)(C)C. The van der Waals surface area contributed by atoms with Crippen molar-refractivity contribution in [3.8, 4) is 0 Å². The summed E-state index contributed by atoms with van der Waals surface area (Å²) in [4.78, 5) is 4.03. The predicted octanol–water partition coefficient (Wildman–Crippen LogP) is 3.52. The van der Waals surface area contributed by atoms with Crippen molar-refractivity contribution in [1.29, 1.82) is 0 Å². The lowest BCUT2D eigenvalue weighted by atomic mass is 10.2. The first kappa shape index (κ1) is 14.0. The second kappa shape index (κ2) is 5.80. The van der Waals surface area contributed by atoms with Gasteiger partial charge in [-0.15, -0.1) is 0 Å². The predicted molar refractivity (Wildman–Crippen MR) is 65.2 cm³/mol. The number of aliphatic imine (C=N–C) groups is 1. The van der Waals surface area contributed by atoms with Gasteiger partial charge in [0.15, 0.2) is 0 Å². The van der Waals surface area contributed by atoms with E-state index in [4.69, 9.17) is 13.8 Å². The molecule has 0 amide bonds. The molecule has 2 nitrogen and oxygen atoms in total. The second-order valence-corrected chi connectivity index (χ2v) is 8.21. The van der Waals surface area contributed by atoms with Gasteiger partial charge in [0, 0.05) is 12.8 Å². The second-order valence-electron chi connectivity index (χ2n) is 4.42. The standard InChI is InChI=1S/C6H11NO.C4H9.Al.ClH/c1-5(7-3)4-6(2)8;1-4(2)3;;/h4,8H,1-3H3;1-3H3;;1H/q;;+2;/p-2/b6-4-,7-5?;;;. The number of hydrogen-bond donors (Lipinski definition) is 0. The fourth-order valence-corrected chi connectivity index (χ4v) is 1.90. The van der Waals surface area contributed by atoms with E-state index in [0.29, 0.717) is 0 Å². The van der Waals surface area contributed by atoms with Crippen LogP contribution < -0.4 is 0 Å². The Labute approximate surface area is 95.9 Å². The van der Waals surface area contributed by atoms with Gasteiger partial charge >= 0.3 is 13.6 Å². The average Bonchev–Trinajstić information content (AvgIpc) is 2.02. The van der Waals surface area contributed by atoms with E-state index >= 15 is 0 Å². The van der Waals surface area contributed by atoms with Gasteiger partial charge in [-0.2, -0.15) is 0 Å². The molecule has 0 aliphatic rings. The molecule has 0 radical (unpaired) electrons. The van der Waals surface area contributed by atoms with Crippen molar-refractivity contribution in [2.24, 2.45) is 4.99 Å². The molecule has 0 rings (SSSR count). The lowest BCUT2D eigenvalue weighted by molar-refractivity contribution is 0.422. The minimum Gasteiger partial charge on any atom is -0.635 e. The Balaban J connectivity index is 4.33. The molecule has 80 valence electrons. The number of rotatable bonds is 3. The first-order valence-corrected chi connectivity index (χ1v) is 7.49. The Morgan fingerprint density at radius 3 is 2.21 bits per heavy atom. The van der Waals surface area contributed by atoms with E-state index in [9.17, 15) is 0 Å². The zero-order chi connectivity index (χ0) is 11.4. The molecule has 0 atom stereocenters. The topological polar surface area (TPSA) is 21.6 Å². The van der Waals surface area contributed by atoms with Crippen LogP contribution in [0.15, 0.2) is 16.8 Å². The first-order chi connectivity index (χ1) is 6.27. The summed E-state index contributed by atoms with van der Waals surface area (Å²) in [5.74, 6) is 0.856. The van der Waals surface area contributed by atoms with Gasteiger partial charge in [0.2, 0.25) is 0 Å². The number of halogens is 1. The summed E-state index contributed by atoms with van der Waals surface area (Å²) in [6, 6.07) is 0. The maximum atomic E-state index is 6.21. The van der Waals surface area contributed by atoms with Crippen LogP contribution in [0, 0.1) is 0 Å². The van der Waals surface area contributed by atoms with Crippen LogP contribution in [0.2, 0.25) is 4.28 Å². The number of nitrogens with zero attached hydrogens (tertiary/aromatic N) is 1. The maximum Gasteiger partial charge on any atom is 0.685 e. The lowest BCUT2D eigenvalue weighted by Crippen LogP contribution is -2.22. The zero-order valence-electron chi connectivity index (χ0n) is 9.89. The quantitative estimate of drug-likeness (QED) is 0.414. The van der Waals surface area contributed by atoms with E-state index in [1.54, 1.807) is 7.05 Å². The fourth-order valence-electron chi connectivity index (χ4n) is 0.733. The minimum absolute atomic E-state index is 0.0773. The molecule has 4 heteroatoms. The van der Waals surface area contributed by atoms with E-state index in [-0.39, 0.29) is 4.28 Å². The molecule has 14 heavy (non-hydrogen) atoms. The third-order valence-corrected chi connectivity index (χ3v) is 5.91. The van der Waals surface area contributed by atoms with E-state index in [2.05, 4.69) is 25.8 Å². The molecule has 0 saturated carbocycles. The van der Waals surface area contributed by atoms with Crippen LogP contribution in [0.1, 0.15) is 34.6 Å². The van der Waals surface area contributed by atoms with Crippen LogP contribution in [0.5, 0.6) is 0 Å². The fraction of sp³-hybridized carbons (Fsp3) is 0.700. The largest absolute Gasteiger partial charge is 0.685 e. The van der Waals surface area contributed by atoms with Gasteiger partial charge in [0.05, 0.1) is 5.76 Å². The van der Waals surface area contributed by atoms with Gasteiger partial charge in [0.1, 0.15) is 0 Å². The van der Waals surface area contributed by atoms with Crippen molar-refractivity contribution in [3.05, 3.63) is 11.8 Å². The highest BCUT2D eigenvalue weighted by Gasteiger charge is 2.37. The normalized spacial score (nSPS) is 14.2. The molecule has 0 aromatic heterocycles. The van der Waals surface area contributed by atoms with E-state index in [0.717, 1.165) is 11.5 Å². The van der Waals surface area contributed by atoms with Crippen LogP contribution in [0.4, 0.5) is 0 Å². The summed E-state index contributed by atoms with van der Waals surface area (Å²) < 4.78 is 5.75. The summed E-state index contributed by atoms with van der Waals surface area (Å²) in [7, 11) is 7.98. The van der Waals surface area contributed by atoms with Gasteiger partial charge in [-0.3, -0.25) is 4.99 Å². The van der Waals surface area contributed by atoms with Crippen molar-refractivity contribution >= 4 is 29.3 Å². The van der Waals surface area contributed by atoms with E-state index in [1.165, 1.54) is 0 Å². The number of allylic oxidation sites excluding steroid dienone is 2. The molecule has 0 fully saturated rings. The molecular weight excluding hydrogens is 213 g/mol. The molecule has 0 N–H and O–H groups in total. The highest BCUT2D eigenvalue weighted by Crippen LogP contribution is 2.30. The van der Waals surface area contributed by atoms with Crippen LogP contribution in [-0.4, -0.2) is 26.3 Å². The summed E-state index contributed by atoms with van der Waals surface area (Å²) in [6.07, 6.45) is 1.91. The molecule has 0 saturated heterocycles. The molecule has 0 unspecified atom stereocenters. The lowest BCUT2D eigenvalue weighted by Gasteiger charge is -2.21. The highest BCUT2D eigenvalue weighted by atomic mass is 35.6. The van der Waals surface area contributed by atoms with Crippen LogP contribution in [0.3, 0.4) is 0 Å². The van der Waals surface area contributed by atoms with Gasteiger partial charge in [0.25, 0.3) is 0 Å². The van der Waals surface area contributed by atoms with Crippen molar-refractivity contribution < 1.29 is 3.79 Å². The maximum absolute atomic E-state index is 6.21. The van der Waals surface area contributed by atoms with Crippen LogP contribution in [-0.2, 0) is 3.79 Å². The molecule has 0 aliphatic heterocycles. The van der Waals surface area contributed by atoms with Crippen LogP contribution >= 0.6 is 10.0 Å². The van der Waals surface area contributed by atoms with Crippen molar-refractivity contribution in [2.45, 2.75) is 38.9 Å². The van der Waals surface area contributed by atoms with Crippen molar-refractivity contribution in [3.63, 3.8) is 0 Å². The first-order valence-electron chi connectivity index (χ1n) is 4.69. The molecule has 0 spiro atoms. The molecule has 0 bridgehead atoms. The molecule has 0 aromatic carbocycles. The Hall–Kier alpha value is 0.0325. The average molecular weight is 232 g/mol. The number of hydrogen-bond acceptors (Lipinski definition) is 2. The van der Waals surface area contributed by atoms with Gasteiger partial charge in [-0.05, 0) is 24.2 Å². The molecule has 0 aromatic rings. The monoisotopic (exact) mass is 231 g/mol. The summed E-state index contributed by atoms with van der Waals surface area (Å²) >= 11 is -1.67. The van der Waals surface area contributed by atoms with Crippen LogP contribution in [0.25, 0.3) is 0 Å². The summed E-state index contributed by atoms with van der Waals surface area (Å²) in [5, 5.41) is 0. The van der Waals surface area contributed by atoms with Crippen molar-refractivity contribution in [1.82, 2.24) is 0 Å². The minimum atomic E-state index is -1.67.